The summed E-state index contributed by atoms with van der Waals surface area (Å²) in [7, 11) is -3.47. The number of anilines is 1. The second-order valence-corrected chi connectivity index (χ2v) is 10.8. The van der Waals surface area contributed by atoms with E-state index in [1.807, 2.05) is 24.3 Å². The third kappa shape index (κ3) is 6.69. The molecule has 0 fully saturated rings. The Hall–Kier alpha value is -2.13. The Kier molecular flexibility index (Phi) is 8.05. The molecule has 0 aliphatic carbocycles. The molecule has 0 bridgehead atoms. The van der Waals surface area contributed by atoms with Crippen molar-refractivity contribution in [2.24, 2.45) is 0 Å². The first kappa shape index (κ1) is 25.5. The Bertz CT molecular complexity index is 1190. The molecule has 0 saturated carbocycles. The van der Waals surface area contributed by atoms with Crippen LogP contribution in [0.25, 0.3) is 0 Å². The topological polar surface area (TPSA) is 90.7 Å². The highest BCUT2D eigenvalue weighted by molar-refractivity contribution is 7.92. The molecule has 178 valence electrons. The van der Waals surface area contributed by atoms with Crippen molar-refractivity contribution in [3.8, 4) is 17.4 Å². The van der Waals surface area contributed by atoms with Crippen LogP contribution in [-0.4, -0.2) is 32.3 Å². The van der Waals surface area contributed by atoms with Crippen LogP contribution in [0.4, 0.5) is 5.88 Å². The third-order valence-electron chi connectivity index (χ3n) is 4.82. The SMILES string of the molecule is CC(C)(c1ccc(Oc2cc(NS(C)(=O)=O)on2)cc1)c1cc(Cl)c(OCCCCl)c(Cl)c1. The molecular formula is C22H23Cl3N2O5S. The average molecular weight is 534 g/mol. The molecule has 0 unspecified atom stereocenters. The Morgan fingerprint density at radius 2 is 1.70 bits per heavy atom. The number of alkyl halides is 1. The lowest BCUT2D eigenvalue weighted by molar-refractivity contribution is 0.318. The number of benzene rings is 2. The van der Waals surface area contributed by atoms with Crippen molar-refractivity contribution >= 4 is 50.7 Å². The molecule has 2 aromatic carbocycles. The van der Waals surface area contributed by atoms with Gasteiger partial charge in [0.05, 0.1) is 29.0 Å². The monoisotopic (exact) mass is 532 g/mol. The van der Waals surface area contributed by atoms with Gasteiger partial charge in [-0.2, -0.15) is 0 Å². The minimum absolute atomic E-state index is 0.0332. The van der Waals surface area contributed by atoms with E-state index in [2.05, 4.69) is 23.7 Å². The van der Waals surface area contributed by atoms with Gasteiger partial charge in [0, 0.05) is 11.3 Å². The smallest absolute Gasteiger partial charge is 0.261 e. The van der Waals surface area contributed by atoms with Gasteiger partial charge >= 0.3 is 0 Å². The van der Waals surface area contributed by atoms with Crippen molar-refractivity contribution in [2.45, 2.75) is 25.7 Å². The summed E-state index contributed by atoms with van der Waals surface area (Å²) >= 11 is 18.6. The normalized spacial score (nSPS) is 11.9. The molecule has 0 amide bonds. The first-order valence-electron chi connectivity index (χ1n) is 9.91. The quantitative estimate of drug-likeness (QED) is 0.237. The molecule has 0 radical (unpaired) electrons. The summed E-state index contributed by atoms with van der Waals surface area (Å²) in [6.07, 6.45) is 1.71. The highest BCUT2D eigenvalue weighted by Crippen LogP contribution is 2.41. The summed E-state index contributed by atoms with van der Waals surface area (Å²) in [6.45, 7) is 4.55. The van der Waals surface area contributed by atoms with E-state index < -0.39 is 15.4 Å². The molecule has 1 heterocycles. The summed E-state index contributed by atoms with van der Waals surface area (Å²) in [4.78, 5) is 0. The van der Waals surface area contributed by atoms with Crippen LogP contribution in [0.5, 0.6) is 17.4 Å². The number of rotatable bonds is 10. The maximum absolute atomic E-state index is 11.3. The van der Waals surface area contributed by atoms with E-state index in [-0.39, 0.29) is 11.8 Å². The number of halogens is 3. The number of hydrogen-bond acceptors (Lipinski definition) is 6. The van der Waals surface area contributed by atoms with Gasteiger partial charge in [0.1, 0.15) is 5.75 Å². The van der Waals surface area contributed by atoms with E-state index in [4.69, 9.17) is 48.8 Å². The molecule has 1 N–H and O–H groups in total. The van der Waals surface area contributed by atoms with Crippen LogP contribution >= 0.6 is 34.8 Å². The number of nitrogens with one attached hydrogen (secondary N) is 1. The van der Waals surface area contributed by atoms with E-state index in [9.17, 15) is 8.42 Å². The molecule has 3 rings (SSSR count). The molecule has 0 spiro atoms. The lowest BCUT2D eigenvalue weighted by atomic mass is 9.78. The predicted octanol–water partition coefficient (Wildman–Crippen LogP) is 6.48. The molecular weight excluding hydrogens is 511 g/mol. The van der Waals surface area contributed by atoms with Crippen LogP contribution in [0, 0.1) is 0 Å². The zero-order chi connectivity index (χ0) is 24.2. The van der Waals surface area contributed by atoms with Crippen molar-refractivity contribution in [2.75, 3.05) is 23.5 Å². The Balaban J connectivity index is 1.75. The third-order valence-corrected chi connectivity index (χ3v) is 6.22. The zero-order valence-corrected chi connectivity index (χ0v) is 21.3. The van der Waals surface area contributed by atoms with E-state index in [0.717, 1.165) is 17.4 Å². The fraction of sp³-hybridized carbons (Fsp3) is 0.318. The maximum Gasteiger partial charge on any atom is 0.261 e. The van der Waals surface area contributed by atoms with Gasteiger partial charge in [0.15, 0.2) is 5.75 Å². The highest BCUT2D eigenvalue weighted by Gasteiger charge is 2.26. The van der Waals surface area contributed by atoms with Crippen LogP contribution in [0.2, 0.25) is 10.0 Å². The van der Waals surface area contributed by atoms with E-state index in [1.165, 1.54) is 6.07 Å². The molecule has 7 nitrogen and oxygen atoms in total. The summed E-state index contributed by atoms with van der Waals surface area (Å²) in [6, 6.07) is 12.4. The molecule has 11 heteroatoms. The Morgan fingerprint density at radius 1 is 1.06 bits per heavy atom. The molecule has 0 saturated heterocycles. The van der Waals surface area contributed by atoms with E-state index >= 15 is 0 Å². The van der Waals surface area contributed by atoms with Gasteiger partial charge in [-0.25, -0.2) is 8.42 Å². The van der Waals surface area contributed by atoms with Crippen LogP contribution in [-0.2, 0) is 15.4 Å². The number of sulfonamides is 1. The van der Waals surface area contributed by atoms with E-state index in [1.54, 1.807) is 12.1 Å². The Morgan fingerprint density at radius 3 is 2.27 bits per heavy atom. The van der Waals surface area contributed by atoms with Crippen molar-refractivity contribution in [3.63, 3.8) is 0 Å². The maximum atomic E-state index is 11.3. The summed E-state index contributed by atoms with van der Waals surface area (Å²) < 4.78 is 40.9. The summed E-state index contributed by atoms with van der Waals surface area (Å²) in [5.41, 5.74) is 1.50. The summed E-state index contributed by atoms with van der Waals surface area (Å²) in [5.74, 6) is 1.54. The molecule has 0 aliphatic rings. The minimum Gasteiger partial charge on any atom is -0.490 e. The van der Waals surface area contributed by atoms with Crippen LogP contribution in [0.1, 0.15) is 31.4 Å². The van der Waals surface area contributed by atoms with Gasteiger partial charge in [-0.3, -0.25) is 4.72 Å². The second kappa shape index (κ2) is 10.4. The molecule has 0 aliphatic heterocycles. The largest absolute Gasteiger partial charge is 0.490 e. The molecule has 0 atom stereocenters. The number of hydrogen-bond donors (Lipinski definition) is 1. The van der Waals surface area contributed by atoms with Crippen LogP contribution in [0.3, 0.4) is 0 Å². The zero-order valence-electron chi connectivity index (χ0n) is 18.2. The van der Waals surface area contributed by atoms with Gasteiger partial charge in [0.25, 0.3) is 5.88 Å². The van der Waals surface area contributed by atoms with Gasteiger partial charge in [-0.1, -0.05) is 49.2 Å². The van der Waals surface area contributed by atoms with E-state index in [0.29, 0.717) is 40.5 Å². The molecule has 3 aromatic rings. The fourth-order valence-corrected chi connectivity index (χ4v) is 4.22. The average Bonchev–Trinajstić information content (AvgIpc) is 3.15. The first-order chi connectivity index (χ1) is 15.5. The van der Waals surface area contributed by atoms with Crippen molar-refractivity contribution in [1.82, 2.24) is 5.16 Å². The lowest BCUT2D eigenvalue weighted by Gasteiger charge is -2.27. The van der Waals surface area contributed by atoms with Gasteiger partial charge in [-0.05, 0) is 47.0 Å². The van der Waals surface area contributed by atoms with Crippen molar-refractivity contribution in [1.29, 1.82) is 0 Å². The van der Waals surface area contributed by atoms with Crippen LogP contribution in [0.15, 0.2) is 47.0 Å². The standard InChI is InChI=1S/C22H23Cl3N2O5S/c1-22(2,15-11-17(24)21(18(25)12-15)30-10-4-9-23)14-5-7-16(8-6-14)31-19-13-20(32-26-19)27-33(3,28)29/h5-8,11-13,27H,4,9-10H2,1-3H3. The molecule has 33 heavy (non-hydrogen) atoms. The molecule has 1 aromatic heterocycles. The Labute approximate surface area is 208 Å². The summed E-state index contributed by atoms with van der Waals surface area (Å²) in [5, 5.41) is 4.57. The van der Waals surface area contributed by atoms with Crippen molar-refractivity contribution < 1.29 is 22.4 Å². The predicted molar refractivity (Wildman–Crippen MR) is 131 cm³/mol. The fourth-order valence-electron chi connectivity index (χ4n) is 3.05. The number of ether oxygens (including phenoxy) is 2. The second-order valence-electron chi connectivity index (χ2n) is 7.82. The highest BCUT2D eigenvalue weighted by atomic mass is 35.5. The van der Waals surface area contributed by atoms with Crippen molar-refractivity contribution in [3.05, 3.63) is 63.6 Å². The van der Waals surface area contributed by atoms with Gasteiger partial charge in [-0.15, -0.1) is 11.6 Å². The number of nitrogens with zero attached hydrogens (tertiary/aromatic N) is 1. The van der Waals surface area contributed by atoms with Gasteiger partial charge in [0.2, 0.25) is 15.9 Å². The minimum atomic E-state index is -3.47. The number of aromatic nitrogens is 1. The first-order valence-corrected chi connectivity index (χ1v) is 13.1. The van der Waals surface area contributed by atoms with Crippen LogP contribution < -0.4 is 14.2 Å². The lowest BCUT2D eigenvalue weighted by Crippen LogP contribution is -2.19. The van der Waals surface area contributed by atoms with Gasteiger partial charge < -0.3 is 14.0 Å².